The first-order valence-electron chi connectivity index (χ1n) is 10.0. The zero-order valence-corrected chi connectivity index (χ0v) is 19.5. The first-order valence-corrected chi connectivity index (χ1v) is 10.8. The summed E-state index contributed by atoms with van der Waals surface area (Å²) in [5, 5.41) is 3.30. The molecule has 3 aromatic carbocycles. The summed E-state index contributed by atoms with van der Waals surface area (Å²) in [6.45, 7) is 2.12. The van der Waals surface area contributed by atoms with Gasteiger partial charge >= 0.3 is 0 Å². The van der Waals surface area contributed by atoms with Crippen LogP contribution in [0.5, 0.6) is 11.5 Å². The van der Waals surface area contributed by atoms with Crippen molar-refractivity contribution < 1.29 is 18.7 Å². The highest BCUT2D eigenvalue weighted by Gasteiger charge is 2.32. The number of methoxy groups -OCH3 is 1. The summed E-state index contributed by atoms with van der Waals surface area (Å²) in [4.78, 5) is 14.5. The van der Waals surface area contributed by atoms with Crippen LogP contribution < -0.4 is 19.7 Å². The lowest BCUT2D eigenvalue weighted by Gasteiger charge is -2.14. The fraction of sp³-hybridized carbons (Fsp3) is 0.120. The Morgan fingerprint density at radius 3 is 2.70 bits per heavy atom. The minimum absolute atomic E-state index is 0.0158. The van der Waals surface area contributed by atoms with E-state index in [9.17, 15) is 9.18 Å². The minimum Gasteiger partial charge on any atom is -0.496 e. The second-order valence-electron chi connectivity index (χ2n) is 7.40. The van der Waals surface area contributed by atoms with Gasteiger partial charge in [-0.1, -0.05) is 29.8 Å². The van der Waals surface area contributed by atoms with E-state index in [1.54, 1.807) is 19.3 Å². The predicted octanol–water partition coefficient (Wildman–Crippen LogP) is 5.64. The molecule has 0 aliphatic carbocycles. The molecule has 4 rings (SSSR count). The number of anilines is 1. The lowest BCUT2D eigenvalue weighted by atomic mass is 10.1. The molecule has 33 heavy (non-hydrogen) atoms. The molecule has 1 amide bonds. The average Bonchev–Trinajstić information content (AvgIpc) is 3.07. The molecule has 0 unspecified atom stereocenters. The van der Waals surface area contributed by atoms with Crippen molar-refractivity contribution in [2.24, 2.45) is 0 Å². The Kier molecular flexibility index (Phi) is 6.62. The number of ether oxygens (including phenoxy) is 2. The predicted molar refractivity (Wildman–Crippen MR) is 131 cm³/mol. The van der Waals surface area contributed by atoms with Crippen molar-refractivity contribution in [1.29, 1.82) is 0 Å². The van der Waals surface area contributed by atoms with Crippen LogP contribution in [0.2, 0.25) is 5.02 Å². The molecular weight excluding hydrogens is 463 g/mol. The maximum atomic E-state index is 13.4. The summed E-state index contributed by atoms with van der Waals surface area (Å²) < 4.78 is 24.6. The van der Waals surface area contributed by atoms with Gasteiger partial charge in [0.15, 0.2) is 5.11 Å². The van der Waals surface area contributed by atoms with Crippen molar-refractivity contribution in [1.82, 2.24) is 5.32 Å². The molecule has 168 valence electrons. The minimum atomic E-state index is -0.512. The number of thiocarbonyl (C=S) groups is 1. The third-order valence-electron chi connectivity index (χ3n) is 5.04. The Labute approximate surface area is 201 Å². The number of rotatable bonds is 6. The average molecular weight is 483 g/mol. The molecule has 0 bridgehead atoms. The molecule has 1 aliphatic rings. The van der Waals surface area contributed by atoms with Gasteiger partial charge in [0.2, 0.25) is 0 Å². The molecule has 1 saturated heterocycles. The van der Waals surface area contributed by atoms with Crippen LogP contribution in [0.3, 0.4) is 0 Å². The van der Waals surface area contributed by atoms with Gasteiger partial charge in [-0.3, -0.25) is 9.69 Å². The lowest BCUT2D eigenvalue weighted by Crippen LogP contribution is -2.30. The number of hydrogen-bond donors (Lipinski definition) is 1. The molecular formula is C25H20ClFN2O3S. The van der Waals surface area contributed by atoms with Crippen LogP contribution in [0.25, 0.3) is 6.08 Å². The molecule has 1 N–H and O–H groups in total. The van der Waals surface area contributed by atoms with E-state index >= 15 is 0 Å². The highest BCUT2D eigenvalue weighted by Crippen LogP contribution is 2.27. The van der Waals surface area contributed by atoms with Crippen molar-refractivity contribution in [3.63, 3.8) is 0 Å². The Balaban J connectivity index is 1.57. The summed E-state index contributed by atoms with van der Waals surface area (Å²) in [6, 6.07) is 17.2. The molecule has 1 aliphatic heterocycles. The third-order valence-corrected chi connectivity index (χ3v) is 5.61. The van der Waals surface area contributed by atoms with E-state index in [0.717, 1.165) is 16.7 Å². The van der Waals surface area contributed by atoms with E-state index < -0.39 is 5.82 Å². The second-order valence-corrected chi connectivity index (χ2v) is 8.20. The lowest BCUT2D eigenvalue weighted by molar-refractivity contribution is -0.113. The molecule has 0 saturated carbocycles. The van der Waals surface area contributed by atoms with Gasteiger partial charge in [0.25, 0.3) is 5.91 Å². The van der Waals surface area contributed by atoms with E-state index in [2.05, 4.69) is 5.32 Å². The summed E-state index contributed by atoms with van der Waals surface area (Å²) >= 11 is 11.2. The summed E-state index contributed by atoms with van der Waals surface area (Å²) in [6.07, 6.45) is 1.72. The molecule has 0 spiro atoms. The molecule has 1 fully saturated rings. The summed E-state index contributed by atoms with van der Waals surface area (Å²) in [5.74, 6) is 0.300. The number of nitrogens with zero attached hydrogens (tertiary/aromatic N) is 1. The Morgan fingerprint density at radius 2 is 1.97 bits per heavy atom. The quantitative estimate of drug-likeness (QED) is 0.364. The van der Waals surface area contributed by atoms with Crippen molar-refractivity contribution in [2.75, 3.05) is 12.0 Å². The maximum Gasteiger partial charge on any atom is 0.281 e. The van der Waals surface area contributed by atoms with Crippen molar-refractivity contribution in [3.8, 4) is 11.5 Å². The Hall–Kier alpha value is -3.42. The third kappa shape index (κ3) is 4.99. The SMILES string of the molecule is COc1ccc(/C=C2/NC(=S)N(c3cccc(C)c3)C2=O)cc1COc1ccc(F)c(Cl)c1. The van der Waals surface area contributed by atoms with Gasteiger partial charge in [-0.2, -0.15) is 0 Å². The molecule has 3 aromatic rings. The van der Waals surface area contributed by atoms with Crippen LogP contribution >= 0.6 is 23.8 Å². The van der Waals surface area contributed by atoms with Crippen LogP contribution in [0.15, 0.2) is 66.4 Å². The van der Waals surface area contributed by atoms with Crippen molar-refractivity contribution in [2.45, 2.75) is 13.5 Å². The molecule has 8 heteroatoms. The van der Waals surface area contributed by atoms with Gasteiger partial charge in [0.1, 0.15) is 29.6 Å². The zero-order chi connectivity index (χ0) is 23.5. The van der Waals surface area contributed by atoms with Gasteiger partial charge in [-0.25, -0.2) is 4.39 Å². The van der Waals surface area contributed by atoms with Crippen LogP contribution in [0.4, 0.5) is 10.1 Å². The number of aryl methyl sites for hydroxylation is 1. The number of benzene rings is 3. The van der Waals surface area contributed by atoms with E-state index in [4.69, 9.17) is 33.3 Å². The van der Waals surface area contributed by atoms with Gasteiger partial charge in [-0.05, 0) is 72.7 Å². The number of carbonyl (C=O) groups excluding carboxylic acids is 1. The Bertz CT molecular complexity index is 1280. The van der Waals surface area contributed by atoms with E-state index in [-0.39, 0.29) is 17.5 Å². The molecule has 5 nitrogen and oxygen atoms in total. The molecule has 0 atom stereocenters. The number of carbonyl (C=O) groups is 1. The van der Waals surface area contributed by atoms with Crippen LogP contribution in [0.1, 0.15) is 16.7 Å². The normalized spacial score (nSPS) is 14.5. The zero-order valence-electron chi connectivity index (χ0n) is 17.9. The molecule has 0 aromatic heterocycles. The highest BCUT2D eigenvalue weighted by molar-refractivity contribution is 7.80. The fourth-order valence-corrected chi connectivity index (χ4v) is 3.90. The van der Waals surface area contributed by atoms with Crippen LogP contribution in [0, 0.1) is 12.7 Å². The molecule has 1 heterocycles. The largest absolute Gasteiger partial charge is 0.496 e. The van der Waals surface area contributed by atoms with Gasteiger partial charge in [0, 0.05) is 11.6 Å². The van der Waals surface area contributed by atoms with E-state index in [1.165, 1.54) is 23.1 Å². The first-order chi connectivity index (χ1) is 15.9. The number of halogens is 2. The topological polar surface area (TPSA) is 50.8 Å². The Morgan fingerprint density at radius 1 is 1.15 bits per heavy atom. The van der Waals surface area contributed by atoms with Crippen LogP contribution in [-0.4, -0.2) is 18.1 Å². The van der Waals surface area contributed by atoms with Gasteiger partial charge in [-0.15, -0.1) is 0 Å². The van der Waals surface area contributed by atoms with Crippen molar-refractivity contribution in [3.05, 3.63) is 93.9 Å². The number of hydrogen-bond acceptors (Lipinski definition) is 4. The molecule has 0 radical (unpaired) electrons. The smallest absolute Gasteiger partial charge is 0.281 e. The number of nitrogens with one attached hydrogen (secondary N) is 1. The fourth-order valence-electron chi connectivity index (χ4n) is 3.43. The first kappa shape index (κ1) is 22.8. The number of amides is 1. The van der Waals surface area contributed by atoms with Crippen LogP contribution in [-0.2, 0) is 11.4 Å². The van der Waals surface area contributed by atoms with E-state index in [1.807, 2.05) is 43.3 Å². The van der Waals surface area contributed by atoms with Gasteiger partial charge < -0.3 is 14.8 Å². The maximum absolute atomic E-state index is 13.4. The highest BCUT2D eigenvalue weighted by atomic mass is 35.5. The second kappa shape index (κ2) is 9.60. The van der Waals surface area contributed by atoms with E-state index in [0.29, 0.717) is 28.0 Å². The summed E-state index contributed by atoms with van der Waals surface area (Å²) in [7, 11) is 1.56. The monoisotopic (exact) mass is 482 g/mol. The van der Waals surface area contributed by atoms with Crippen molar-refractivity contribution >= 4 is 46.6 Å². The van der Waals surface area contributed by atoms with Gasteiger partial charge in [0.05, 0.1) is 17.8 Å². The standard InChI is InChI=1S/C25H20ClFN2O3S/c1-15-4-3-5-18(10-15)29-24(30)22(28-25(29)33)12-16-6-9-23(31-2)17(11-16)14-32-19-7-8-21(27)20(26)13-19/h3-13H,14H2,1-2H3,(H,28,33)/b22-12+. The summed E-state index contributed by atoms with van der Waals surface area (Å²) in [5.41, 5.74) is 3.61.